The van der Waals surface area contributed by atoms with E-state index in [1.807, 2.05) is 5.32 Å². The highest BCUT2D eigenvalue weighted by Crippen LogP contribution is 2.01. The second-order valence-corrected chi connectivity index (χ2v) is 3.80. The number of rotatable bonds is 3. The van der Waals surface area contributed by atoms with Gasteiger partial charge < -0.3 is 5.32 Å². The summed E-state index contributed by atoms with van der Waals surface area (Å²) in [4.78, 5) is 46.7. The van der Waals surface area contributed by atoms with Crippen LogP contribution in [0.15, 0.2) is 24.3 Å². The molecule has 0 unspecified atom stereocenters. The molecule has 19 heavy (non-hydrogen) atoms. The SMILES string of the molecule is C=C(C)C(=O)NC(=O)N(C(=O)NCC)C(=O)C(=C)C. The van der Waals surface area contributed by atoms with Crippen LogP contribution in [0.5, 0.6) is 0 Å². The number of imide groups is 4. The van der Waals surface area contributed by atoms with Gasteiger partial charge >= 0.3 is 12.1 Å². The van der Waals surface area contributed by atoms with E-state index in [9.17, 15) is 19.2 Å². The van der Waals surface area contributed by atoms with Crippen LogP contribution in [-0.2, 0) is 9.59 Å². The van der Waals surface area contributed by atoms with Crippen LogP contribution < -0.4 is 10.6 Å². The predicted octanol–water partition coefficient (Wildman–Crippen LogP) is 0.933. The fourth-order valence-corrected chi connectivity index (χ4v) is 0.958. The highest BCUT2D eigenvalue weighted by molar-refractivity contribution is 6.18. The molecular formula is C12H17N3O4. The van der Waals surface area contributed by atoms with Crippen molar-refractivity contribution in [2.45, 2.75) is 20.8 Å². The molecule has 7 nitrogen and oxygen atoms in total. The van der Waals surface area contributed by atoms with E-state index in [2.05, 4.69) is 18.5 Å². The van der Waals surface area contributed by atoms with Gasteiger partial charge in [0.25, 0.3) is 11.8 Å². The van der Waals surface area contributed by atoms with Crippen molar-refractivity contribution in [1.29, 1.82) is 0 Å². The van der Waals surface area contributed by atoms with Gasteiger partial charge in [-0.3, -0.25) is 14.9 Å². The summed E-state index contributed by atoms with van der Waals surface area (Å²) in [6.07, 6.45) is 0. The lowest BCUT2D eigenvalue weighted by atomic mass is 10.3. The predicted molar refractivity (Wildman–Crippen MR) is 69.1 cm³/mol. The fourth-order valence-electron chi connectivity index (χ4n) is 0.958. The normalized spacial score (nSPS) is 9.21. The van der Waals surface area contributed by atoms with Gasteiger partial charge in [0.15, 0.2) is 0 Å². The highest BCUT2D eigenvalue weighted by Gasteiger charge is 2.29. The molecule has 0 radical (unpaired) electrons. The van der Waals surface area contributed by atoms with Crippen molar-refractivity contribution >= 4 is 23.9 Å². The summed E-state index contributed by atoms with van der Waals surface area (Å²) in [6, 6.07) is -2.07. The van der Waals surface area contributed by atoms with Gasteiger partial charge in [0.2, 0.25) is 0 Å². The molecule has 0 bridgehead atoms. The van der Waals surface area contributed by atoms with Crippen LogP contribution in [0.1, 0.15) is 20.8 Å². The number of carbonyl (C=O) groups is 4. The van der Waals surface area contributed by atoms with Crippen molar-refractivity contribution in [3.8, 4) is 0 Å². The summed E-state index contributed by atoms with van der Waals surface area (Å²) in [7, 11) is 0. The number of hydrogen-bond acceptors (Lipinski definition) is 4. The van der Waals surface area contributed by atoms with E-state index in [1.54, 1.807) is 6.92 Å². The van der Waals surface area contributed by atoms with Gasteiger partial charge in [0.1, 0.15) is 0 Å². The minimum absolute atomic E-state index is 0.0100. The second kappa shape index (κ2) is 7.10. The molecule has 104 valence electrons. The summed E-state index contributed by atoms with van der Waals surface area (Å²) in [5.74, 6) is -1.66. The number of carbonyl (C=O) groups excluding carboxylic acids is 4. The largest absolute Gasteiger partial charge is 0.339 e. The maximum absolute atomic E-state index is 11.8. The molecule has 0 aromatic rings. The summed E-state index contributed by atoms with van der Waals surface area (Å²) in [5, 5.41) is 4.18. The second-order valence-electron chi connectivity index (χ2n) is 3.80. The Bertz CT molecular complexity index is 454. The Hall–Kier alpha value is -2.44. The van der Waals surface area contributed by atoms with Crippen molar-refractivity contribution in [3.63, 3.8) is 0 Å². The van der Waals surface area contributed by atoms with E-state index in [-0.39, 0.29) is 22.6 Å². The molecule has 6 amide bonds. The lowest BCUT2D eigenvalue weighted by Crippen LogP contribution is -2.53. The average molecular weight is 267 g/mol. The first-order chi connectivity index (χ1) is 8.72. The molecule has 0 fully saturated rings. The van der Waals surface area contributed by atoms with Gasteiger partial charge in [0.05, 0.1) is 0 Å². The van der Waals surface area contributed by atoms with Crippen molar-refractivity contribution in [3.05, 3.63) is 24.3 Å². The van der Waals surface area contributed by atoms with Crippen LogP contribution in [0, 0.1) is 0 Å². The van der Waals surface area contributed by atoms with Gasteiger partial charge in [-0.05, 0) is 20.8 Å². The van der Waals surface area contributed by atoms with E-state index in [0.717, 1.165) is 0 Å². The maximum atomic E-state index is 11.8. The molecule has 0 aliphatic carbocycles. The molecule has 0 rings (SSSR count). The van der Waals surface area contributed by atoms with E-state index in [4.69, 9.17) is 0 Å². The zero-order chi connectivity index (χ0) is 15.2. The molecule has 0 aromatic carbocycles. The Morgan fingerprint density at radius 3 is 1.89 bits per heavy atom. The third-order valence-electron chi connectivity index (χ3n) is 1.91. The average Bonchev–Trinajstić information content (AvgIpc) is 2.28. The minimum Gasteiger partial charge on any atom is -0.337 e. The van der Waals surface area contributed by atoms with Gasteiger partial charge in [-0.15, -0.1) is 0 Å². The first-order valence-electron chi connectivity index (χ1n) is 5.51. The van der Waals surface area contributed by atoms with Gasteiger partial charge in [-0.2, -0.15) is 4.90 Å². The van der Waals surface area contributed by atoms with E-state index in [0.29, 0.717) is 0 Å². The molecule has 0 aliphatic heterocycles. The molecule has 0 saturated heterocycles. The first-order valence-corrected chi connectivity index (χ1v) is 5.51. The van der Waals surface area contributed by atoms with Gasteiger partial charge in [0, 0.05) is 17.7 Å². The smallest absolute Gasteiger partial charge is 0.337 e. The van der Waals surface area contributed by atoms with Gasteiger partial charge in [-0.1, -0.05) is 13.2 Å². The summed E-state index contributed by atoms with van der Waals surface area (Å²) in [5.41, 5.74) is 0.0659. The molecule has 0 heterocycles. The first kappa shape index (κ1) is 16.6. The highest BCUT2D eigenvalue weighted by atomic mass is 16.2. The lowest BCUT2D eigenvalue weighted by molar-refractivity contribution is -0.122. The minimum atomic E-state index is -1.15. The molecule has 0 aliphatic rings. The Kier molecular flexibility index (Phi) is 6.19. The van der Waals surface area contributed by atoms with Crippen molar-refractivity contribution in [1.82, 2.24) is 15.5 Å². The van der Waals surface area contributed by atoms with Crippen molar-refractivity contribution in [2.24, 2.45) is 0 Å². The molecule has 0 spiro atoms. The molecule has 0 aromatic heterocycles. The van der Waals surface area contributed by atoms with Crippen molar-refractivity contribution in [2.75, 3.05) is 6.54 Å². The third kappa shape index (κ3) is 4.74. The van der Waals surface area contributed by atoms with E-state index < -0.39 is 23.9 Å². The molecule has 0 saturated carbocycles. The quantitative estimate of drug-likeness (QED) is 0.743. The van der Waals surface area contributed by atoms with Gasteiger partial charge in [-0.25, -0.2) is 9.59 Å². The number of nitrogens with zero attached hydrogens (tertiary/aromatic N) is 1. The summed E-state index contributed by atoms with van der Waals surface area (Å²) >= 11 is 0. The standard InChI is InChI=1S/C12H17N3O4/c1-6-13-11(18)15(10(17)8(4)5)12(19)14-9(16)7(2)3/h2,4,6H2,1,3,5H3,(H,13,18)(H,14,16,19). The topological polar surface area (TPSA) is 95.6 Å². The van der Waals surface area contributed by atoms with Crippen LogP contribution in [0.3, 0.4) is 0 Å². The zero-order valence-corrected chi connectivity index (χ0v) is 11.2. The van der Waals surface area contributed by atoms with Crippen LogP contribution in [0.4, 0.5) is 9.59 Å². The van der Waals surface area contributed by atoms with Crippen LogP contribution in [-0.4, -0.2) is 35.3 Å². The Labute approximate surface area is 111 Å². The Morgan fingerprint density at radius 2 is 1.53 bits per heavy atom. The number of nitrogens with one attached hydrogen (secondary N) is 2. The third-order valence-corrected chi connectivity index (χ3v) is 1.91. The van der Waals surface area contributed by atoms with E-state index >= 15 is 0 Å². The van der Waals surface area contributed by atoms with E-state index in [1.165, 1.54) is 13.8 Å². The summed E-state index contributed by atoms with van der Waals surface area (Å²) in [6.45, 7) is 11.3. The molecule has 2 N–H and O–H groups in total. The van der Waals surface area contributed by atoms with Crippen LogP contribution in [0.2, 0.25) is 0 Å². The lowest BCUT2D eigenvalue weighted by Gasteiger charge is -2.19. The number of hydrogen-bond donors (Lipinski definition) is 2. The van der Waals surface area contributed by atoms with Crippen LogP contribution >= 0.6 is 0 Å². The summed E-state index contributed by atoms with van der Waals surface area (Å²) < 4.78 is 0. The fraction of sp³-hybridized carbons (Fsp3) is 0.333. The number of urea groups is 2. The maximum Gasteiger partial charge on any atom is 0.339 e. The molecule has 0 atom stereocenters. The molecular weight excluding hydrogens is 250 g/mol. The number of amides is 6. The monoisotopic (exact) mass is 267 g/mol. The zero-order valence-electron chi connectivity index (χ0n) is 11.2. The molecule has 7 heteroatoms. The Balaban J connectivity index is 5.14. The van der Waals surface area contributed by atoms with Crippen LogP contribution in [0.25, 0.3) is 0 Å². The van der Waals surface area contributed by atoms with Crippen molar-refractivity contribution < 1.29 is 19.2 Å². The Morgan fingerprint density at radius 1 is 1.00 bits per heavy atom.